The maximum absolute atomic E-state index is 12.2. The van der Waals surface area contributed by atoms with Gasteiger partial charge in [0.05, 0.1) is 7.11 Å². The third-order valence-electron chi connectivity index (χ3n) is 3.91. The predicted molar refractivity (Wildman–Crippen MR) is 95.1 cm³/mol. The van der Waals surface area contributed by atoms with E-state index in [0.717, 1.165) is 18.6 Å². The Bertz CT molecular complexity index is 615. The van der Waals surface area contributed by atoms with E-state index < -0.39 is 5.54 Å². The minimum Gasteiger partial charge on any atom is -0.491 e. The lowest BCUT2D eigenvalue weighted by Crippen LogP contribution is -2.54. The lowest BCUT2D eigenvalue weighted by atomic mass is 10.0. The Morgan fingerprint density at radius 3 is 2.29 bits per heavy atom. The van der Waals surface area contributed by atoms with E-state index in [1.54, 1.807) is 0 Å². The molecule has 0 aliphatic rings. The van der Waals surface area contributed by atoms with E-state index in [2.05, 4.69) is 17.4 Å². The van der Waals surface area contributed by atoms with Gasteiger partial charge in [0.1, 0.15) is 17.9 Å². The number of aryl methyl sites for hydroxylation is 1. The van der Waals surface area contributed by atoms with Crippen molar-refractivity contribution >= 4 is 5.97 Å². The summed E-state index contributed by atoms with van der Waals surface area (Å²) < 4.78 is 10.7. The van der Waals surface area contributed by atoms with Crippen molar-refractivity contribution in [2.24, 2.45) is 0 Å². The molecule has 0 amide bonds. The number of hydrogen-bond acceptors (Lipinski definition) is 4. The SMILES string of the molecule is COC(=O)C(C)(COc1ccccc1)NCCCc1ccccc1. The summed E-state index contributed by atoms with van der Waals surface area (Å²) in [6.45, 7) is 2.73. The van der Waals surface area contributed by atoms with Crippen LogP contribution >= 0.6 is 0 Å². The van der Waals surface area contributed by atoms with Crippen molar-refractivity contribution in [1.82, 2.24) is 5.32 Å². The maximum atomic E-state index is 12.2. The number of para-hydroxylation sites is 1. The number of esters is 1. The summed E-state index contributed by atoms with van der Waals surface area (Å²) in [7, 11) is 1.40. The zero-order valence-corrected chi connectivity index (χ0v) is 14.3. The van der Waals surface area contributed by atoms with Gasteiger partial charge < -0.3 is 9.47 Å². The first-order chi connectivity index (χ1) is 11.6. The summed E-state index contributed by atoms with van der Waals surface area (Å²) in [5.41, 5.74) is 0.418. The van der Waals surface area contributed by atoms with Crippen LogP contribution in [-0.4, -0.2) is 31.8 Å². The maximum Gasteiger partial charge on any atom is 0.329 e. The minimum atomic E-state index is -0.874. The highest BCUT2D eigenvalue weighted by atomic mass is 16.5. The van der Waals surface area contributed by atoms with Crippen LogP contribution in [0.15, 0.2) is 60.7 Å². The Morgan fingerprint density at radius 2 is 1.67 bits per heavy atom. The number of methoxy groups -OCH3 is 1. The van der Waals surface area contributed by atoms with Crippen molar-refractivity contribution in [3.8, 4) is 5.75 Å². The van der Waals surface area contributed by atoms with Gasteiger partial charge in [-0.1, -0.05) is 48.5 Å². The van der Waals surface area contributed by atoms with Crippen molar-refractivity contribution < 1.29 is 14.3 Å². The third-order valence-corrected chi connectivity index (χ3v) is 3.91. The van der Waals surface area contributed by atoms with E-state index in [1.165, 1.54) is 12.7 Å². The van der Waals surface area contributed by atoms with Gasteiger partial charge >= 0.3 is 5.97 Å². The molecule has 0 aromatic heterocycles. The second kappa shape index (κ2) is 9.08. The van der Waals surface area contributed by atoms with Gasteiger partial charge in [-0.15, -0.1) is 0 Å². The molecule has 0 aliphatic carbocycles. The Morgan fingerprint density at radius 1 is 1.04 bits per heavy atom. The molecule has 0 bridgehead atoms. The first kappa shape index (κ1) is 18.0. The predicted octanol–water partition coefficient (Wildman–Crippen LogP) is 3.22. The number of ether oxygens (including phenoxy) is 2. The largest absolute Gasteiger partial charge is 0.491 e. The monoisotopic (exact) mass is 327 g/mol. The van der Waals surface area contributed by atoms with Gasteiger partial charge in [0.15, 0.2) is 0 Å². The van der Waals surface area contributed by atoms with Crippen LogP contribution in [0.5, 0.6) is 5.75 Å². The van der Waals surface area contributed by atoms with Crippen LogP contribution in [0, 0.1) is 0 Å². The molecule has 2 rings (SSSR count). The highest BCUT2D eigenvalue weighted by Crippen LogP contribution is 2.14. The fourth-order valence-electron chi connectivity index (χ4n) is 2.45. The van der Waals surface area contributed by atoms with Crippen LogP contribution in [0.25, 0.3) is 0 Å². The molecule has 0 radical (unpaired) electrons. The van der Waals surface area contributed by atoms with Crippen LogP contribution in [0.3, 0.4) is 0 Å². The van der Waals surface area contributed by atoms with E-state index in [4.69, 9.17) is 9.47 Å². The Labute approximate surface area is 143 Å². The van der Waals surface area contributed by atoms with Crippen LogP contribution in [0.4, 0.5) is 0 Å². The normalized spacial score (nSPS) is 13.1. The molecule has 1 unspecified atom stereocenters. The molecule has 2 aromatic carbocycles. The van der Waals surface area contributed by atoms with Crippen molar-refractivity contribution in [2.45, 2.75) is 25.3 Å². The van der Waals surface area contributed by atoms with Gasteiger partial charge in [-0.3, -0.25) is 5.32 Å². The topological polar surface area (TPSA) is 47.6 Å². The zero-order valence-electron chi connectivity index (χ0n) is 14.3. The van der Waals surface area contributed by atoms with E-state index in [-0.39, 0.29) is 12.6 Å². The molecule has 2 aromatic rings. The lowest BCUT2D eigenvalue weighted by Gasteiger charge is -2.28. The number of hydrogen-bond donors (Lipinski definition) is 1. The average molecular weight is 327 g/mol. The number of benzene rings is 2. The van der Waals surface area contributed by atoms with Crippen molar-refractivity contribution in [1.29, 1.82) is 0 Å². The summed E-state index contributed by atoms with van der Waals surface area (Å²) >= 11 is 0. The molecule has 24 heavy (non-hydrogen) atoms. The fraction of sp³-hybridized carbons (Fsp3) is 0.350. The molecule has 4 heteroatoms. The van der Waals surface area contributed by atoms with E-state index in [1.807, 2.05) is 55.5 Å². The zero-order chi connectivity index (χ0) is 17.3. The average Bonchev–Trinajstić information content (AvgIpc) is 2.64. The molecule has 0 heterocycles. The second-order valence-electron chi connectivity index (χ2n) is 5.94. The van der Waals surface area contributed by atoms with Crippen LogP contribution in [0.1, 0.15) is 18.9 Å². The molecule has 0 aliphatic heterocycles. The van der Waals surface area contributed by atoms with Gasteiger partial charge in [0.2, 0.25) is 0 Å². The summed E-state index contributed by atoms with van der Waals surface area (Å²) in [6.07, 6.45) is 1.90. The summed E-state index contributed by atoms with van der Waals surface area (Å²) in [5.74, 6) is 0.414. The van der Waals surface area contributed by atoms with Gasteiger partial charge in [-0.25, -0.2) is 4.79 Å². The molecular formula is C20H25NO3. The Kier molecular flexibility index (Phi) is 6.82. The van der Waals surface area contributed by atoms with E-state index in [9.17, 15) is 4.79 Å². The summed E-state index contributed by atoms with van der Waals surface area (Å²) in [5, 5.41) is 3.29. The molecule has 4 nitrogen and oxygen atoms in total. The minimum absolute atomic E-state index is 0.217. The molecule has 0 fully saturated rings. The van der Waals surface area contributed by atoms with Gasteiger partial charge in [-0.2, -0.15) is 0 Å². The van der Waals surface area contributed by atoms with Gasteiger partial charge in [0, 0.05) is 0 Å². The lowest BCUT2D eigenvalue weighted by molar-refractivity contribution is -0.149. The first-order valence-corrected chi connectivity index (χ1v) is 8.19. The molecule has 128 valence electrons. The van der Waals surface area contributed by atoms with Crippen molar-refractivity contribution in [3.63, 3.8) is 0 Å². The first-order valence-electron chi connectivity index (χ1n) is 8.19. The standard InChI is InChI=1S/C20H25NO3/c1-20(19(22)23-2,16-24-18-13-7-4-8-14-18)21-15-9-12-17-10-5-3-6-11-17/h3-8,10-11,13-14,21H,9,12,15-16H2,1-2H3. The molecule has 1 atom stereocenters. The summed E-state index contributed by atoms with van der Waals surface area (Å²) in [6, 6.07) is 19.8. The molecule has 0 spiro atoms. The van der Waals surface area contributed by atoms with Crippen molar-refractivity contribution in [2.75, 3.05) is 20.3 Å². The molecular weight excluding hydrogens is 302 g/mol. The van der Waals surface area contributed by atoms with Gasteiger partial charge in [0.25, 0.3) is 0 Å². The highest BCUT2D eigenvalue weighted by molar-refractivity contribution is 5.80. The van der Waals surface area contributed by atoms with Crippen molar-refractivity contribution in [3.05, 3.63) is 66.2 Å². The quantitative estimate of drug-likeness (QED) is 0.567. The fourth-order valence-corrected chi connectivity index (χ4v) is 2.45. The van der Waals surface area contributed by atoms with Crippen LogP contribution < -0.4 is 10.1 Å². The van der Waals surface area contributed by atoms with E-state index in [0.29, 0.717) is 6.54 Å². The number of rotatable bonds is 9. The second-order valence-corrected chi connectivity index (χ2v) is 5.94. The molecule has 0 saturated heterocycles. The Hall–Kier alpha value is -2.33. The number of nitrogens with one attached hydrogen (secondary N) is 1. The van der Waals surface area contributed by atoms with Crippen LogP contribution in [0.2, 0.25) is 0 Å². The molecule has 0 saturated carbocycles. The van der Waals surface area contributed by atoms with E-state index >= 15 is 0 Å². The van der Waals surface area contributed by atoms with Gasteiger partial charge in [-0.05, 0) is 44.0 Å². The smallest absolute Gasteiger partial charge is 0.329 e. The van der Waals surface area contributed by atoms with Crippen LogP contribution in [-0.2, 0) is 16.0 Å². The highest BCUT2D eigenvalue weighted by Gasteiger charge is 2.34. The number of carbonyl (C=O) groups excluding carboxylic acids is 1. The summed E-state index contributed by atoms with van der Waals surface area (Å²) in [4.78, 5) is 12.2. The molecule has 1 N–H and O–H groups in total. The number of carbonyl (C=O) groups is 1. The Balaban J connectivity index is 1.86. The third kappa shape index (κ3) is 5.39.